The second-order valence-electron chi connectivity index (χ2n) is 12.3. The van der Waals surface area contributed by atoms with Crippen LogP contribution < -0.4 is 11.2 Å². The van der Waals surface area contributed by atoms with Gasteiger partial charge in [-0.2, -0.15) is 0 Å². The zero-order valence-corrected chi connectivity index (χ0v) is 26.6. The fraction of sp³-hybridized carbons (Fsp3) is 0.844. The number of esters is 1. The Hall–Kier alpha value is -1.93. The largest absolute Gasteiger partial charge is 0.460 e. The molecule has 0 aliphatic heterocycles. The van der Waals surface area contributed by atoms with Gasteiger partial charge in [0, 0.05) is 19.2 Å². The van der Waals surface area contributed by atoms with Crippen LogP contribution in [-0.4, -0.2) is 60.0 Å². The number of ether oxygens (including phenoxy) is 2. The second-order valence-corrected chi connectivity index (χ2v) is 12.3. The topological polar surface area (TPSA) is 79.5 Å². The van der Waals surface area contributed by atoms with E-state index >= 15 is 0 Å². The predicted octanol–water partition coefficient (Wildman–Crippen LogP) is 6.44. The Balaban J connectivity index is 2.44. The maximum absolute atomic E-state index is 13.1. The van der Waals surface area contributed by atoms with Gasteiger partial charge in [0.05, 0.1) is 40.8 Å². The molecule has 0 saturated heterocycles. The van der Waals surface area contributed by atoms with Crippen LogP contribution in [0.4, 0.5) is 0 Å². The summed E-state index contributed by atoms with van der Waals surface area (Å²) in [4.78, 5) is 37.2. The van der Waals surface area contributed by atoms with Gasteiger partial charge in [-0.3, -0.25) is 18.7 Å². The van der Waals surface area contributed by atoms with Gasteiger partial charge in [-0.1, -0.05) is 97.3 Å². The predicted molar refractivity (Wildman–Crippen MR) is 164 cm³/mol. The number of hydrogen-bond donors (Lipinski definition) is 0. The number of likely N-dealkylation sites (N-methyl/N-ethyl adjacent to an activating group) is 1. The normalized spacial score (nSPS) is 13.3. The molecule has 1 rings (SSSR count). The van der Waals surface area contributed by atoms with E-state index in [0.29, 0.717) is 24.0 Å². The van der Waals surface area contributed by atoms with Crippen molar-refractivity contribution in [1.29, 1.82) is 0 Å². The summed E-state index contributed by atoms with van der Waals surface area (Å²) in [5.41, 5.74) is -0.677. The van der Waals surface area contributed by atoms with Crippen LogP contribution in [0.15, 0.2) is 21.9 Å². The molecule has 0 amide bonds. The van der Waals surface area contributed by atoms with Crippen molar-refractivity contribution < 1.29 is 18.8 Å². The molecule has 0 aliphatic carbocycles. The van der Waals surface area contributed by atoms with Crippen LogP contribution in [-0.2, 0) is 20.8 Å². The van der Waals surface area contributed by atoms with Crippen molar-refractivity contribution >= 4 is 5.97 Å². The number of rotatable bonds is 24. The minimum atomic E-state index is -0.530. The highest BCUT2D eigenvalue weighted by atomic mass is 16.6. The Morgan fingerprint density at radius 3 is 1.85 bits per heavy atom. The first-order valence-corrected chi connectivity index (χ1v) is 16.0. The van der Waals surface area contributed by atoms with Crippen molar-refractivity contribution in [2.24, 2.45) is 0 Å². The molecule has 0 radical (unpaired) electrons. The molecule has 8 heteroatoms. The van der Waals surface area contributed by atoms with E-state index in [1.807, 2.05) is 28.1 Å². The quantitative estimate of drug-likeness (QED) is 0.0817. The van der Waals surface area contributed by atoms with Crippen molar-refractivity contribution in [1.82, 2.24) is 9.13 Å². The van der Waals surface area contributed by atoms with Crippen molar-refractivity contribution in [2.75, 3.05) is 34.3 Å². The Kier molecular flexibility index (Phi) is 18.8. The SMILES string of the molecule is CCCCCCCCCCCCCCCCC(COC(CC)n1ccc(=O)n(CC[N+](C)(C)C)c1=O)OC(C)=O. The molecular formula is C32H60N3O5+. The van der Waals surface area contributed by atoms with Crippen molar-refractivity contribution in [3.8, 4) is 0 Å². The van der Waals surface area contributed by atoms with E-state index in [9.17, 15) is 14.4 Å². The lowest BCUT2D eigenvalue weighted by atomic mass is 10.0. The van der Waals surface area contributed by atoms with Crippen LogP contribution in [0.25, 0.3) is 0 Å². The number of nitrogens with zero attached hydrogens (tertiary/aromatic N) is 3. The van der Waals surface area contributed by atoms with Gasteiger partial charge < -0.3 is 14.0 Å². The molecule has 0 fully saturated rings. The number of unbranched alkanes of at least 4 members (excludes halogenated alkanes) is 13. The van der Waals surface area contributed by atoms with Gasteiger partial charge in [-0.05, 0) is 19.3 Å². The minimum Gasteiger partial charge on any atom is -0.460 e. The number of carbonyl (C=O) groups is 1. The summed E-state index contributed by atoms with van der Waals surface area (Å²) in [6.07, 6.45) is 20.1. The van der Waals surface area contributed by atoms with E-state index in [1.54, 1.807) is 0 Å². The van der Waals surface area contributed by atoms with Gasteiger partial charge in [-0.15, -0.1) is 0 Å². The van der Waals surface area contributed by atoms with Crippen molar-refractivity contribution in [3.63, 3.8) is 0 Å². The lowest BCUT2D eigenvalue weighted by molar-refractivity contribution is -0.871. The fourth-order valence-corrected chi connectivity index (χ4v) is 4.95. The van der Waals surface area contributed by atoms with Gasteiger partial charge >= 0.3 is 11.7 Å². The average molecular weight is 567 g/mol. The maximum atomic E-state index is 13.1. The van der Waals surface area contributed by atoms with Crippen LogP contribution in [0.5, 0.6) is 0 Å². The molecule has 0 spiro atoms. The molecule has 8 nitrogen and oxygen atoms in total. The van der Waals surface area contributed by atoms with Crippen LogP contribution >= 0.6 is 0 Å². The molecular weight excluding hydrogens is 506 g/mol. The van der Waals surface area contributed by atoms with E-state index < -0.39 is 6.23 Å². The third-order valence-corrected chi connectivity index (χ3v) is 7.44. The Morgan fingerprint density at radius 1 is 0.850 bits per heavy atom. The molecule has 0 N–H and O–H groups in total. The molecule has 1 heterocycles. The van der Waals surface area contributed by atoms with Gasteiger partial charge in [0.25, 0.3) is 5.56 Å². The van der Waals surface area contributed by atoms with Gasteiger partial charge in [0.2, 0.25) is 0 Å². The number of carbonyl (C=O) groups excluding carboxylic acids is 1. The second kappa shape index (κ2) is 20.9. The van der Waals surface area contributed by atoms with E-state index in [-0.39, 0.29) is 29.9 Å². The molecule has 2 unspecified atom stereocenters. The van der Waals surface area contributed by atoms with E-state index in [0.717, 1.165) is 19.3 Å². The molecule has 232 valence electrons. The molecule has 1 aromatic rings. The number of hydrogen-bond acceptors (Lipinski definition) is 5. The third kappa shape index (κ3) is 16.4. The van der Waals surface area contributed by atoms with E-state index in [4.69, 9.17) is 9.47 Å². The van der Waals surface area contributed by atoms with Crippen LogP contribution in [0.2, 0.25) is 0 Å². The number of aromatic nitrogens is 2. The first-order valence-electron chi connectivity index (χ1n) is 16.0. The summed E-state index contributed by atoms with van der Waals surface area (Å²) in [6.45, 7) is 6.84. The summed E-state index contributed by atoms with van der Waals surface area (Å²) >= 11 is 0. The summed E-state index contributed by atoms with van der Waals surface area (Å²) in [6, 6.07) is 1.42. The molecule has 2 atom stereocenters. The van der Waals surface area contributed by atoms with Crippen LogP contribution in [0.1, 0.15) is 130 Å². The third-order valence-electron chi connectivity index (χ3n) is 7.44. The first-order chi connectivity index (χ1) is 19.1. The van der Waals surface area contributed by atoms with Crippen LogP contribution in [0, 0.1) is 0 Å². The Bertz CT molecular complexity index is 918. The molecule has 0 bridgehead atoms. The zero-order valence-electron chi connectivity index (χ0n) is 26.6. The lowest BCUT2D eigenvalue weighted by Crippen LogP contribution is -2.45. The summed E-state index contributed by atoms with van der Waals surface area (Å²) in [5.74, 6) is -0.321. The molecule has 0 aliphatic rings. The molecule has 0 saturated carbocycles. The van der Waals surface area contributed by atoms with Gasteiger partial charge in [0.15, 0.2) is 0 Å². The van der Waals surface area contributed by atoms with E-state index in [2.05, 4.69) is 6.92 Å². The zero-order chi connectivity index (χ0) is 29.8. The fourth-order valence-electron chi connectivity index (χ4n) is 4.95. The summed E-state index contributed by atoms with van der Waals surface area (Å²) < 4.78 is 15.0. The lowest BCUT2D eigenvalue weighted by Gasteiger charge is -2.25. The molecule has 1 aromatic heterocycles. The highest BCUT2D eigenvalue weighted by molar-refractivity contribution is 5.66. The van der Waals surface area contributed by atoms with Crippen molar-refractivity contribution in [2.45, 2.75) is 142 Å². The summed E-state index contributed by atoms with van der Waals surface area (Å²) in [5, 5.41) is 0. The van der Waals surface area contributed by atoms with E-state index in [1.165, 1.54) is 105 Å². The van der Waals surface area contributed by atoms with Crippen LogP contribution in [0.3, 0.4) is 0 Å². The highest BCUT2D eigenvalue weighted by Gasteiger charge is 2.19. The van der Waals surface area contributed by atoms with Gasteiger partial charge in [-0.25, -0.2) is 4.79 Å². The first kappa shape index (κ1) is 36.1. The highest BCUT2D eigenvalue weighted by Crippen LogP contribution is 2.17. The smallest absolute Gasteiger partial charge is 0.333 e. The summed E-state index contributed by atoms with van der Waals surface area (Å²) in [7, 11) is 6.08. The van der Waals surface area contributed by atoms with Crippen molar-refractivity contribution in [3.05, 3.63) is 33.1 Å². The minimum absolute atomic E-state index is 0.223. The molecule has 40 heavy (non-hydrogen) atoms. The Morgan fingerprint density at radius 2 is 1.38 bits per heavy atom. The monoisotopic (exact) mass is 566 g/mol. The molecule has 0 aromatic carbocycles. The Labute approximate surface area is 243 Å². The maximum Gasteiger partial charge on any atom is 0.333 e. The standard InChI is InChI=1S/C32H60N3O5/c1-7-9-10-11-12-13-14-15-16-17-18-19-20-21-22-29(40-28(3)36)27-39-31(8-2)34-24-23-30(37)33(32(34)38)25-26-35(4,5)6/h23-24,29,31H,7-22,25-27H2,1-6H3/q+1. The average Bonchev–Trinajstić information content (AvgIpc) is 2.88. The van der Waals surface area contributed by atoms with Gasteiger partial charge in [0.1, 0.15) is 12.3 Å². The number of quaternary nitrogens is 1.